The van der Waals surface area contributed by atoms with Gasteiger partial charge in [-0.1, -0.05) is 19.8 Å². The molecule has 1 aliphatic rings. The van der Waals surface area contributed by atoms with Crippen LogP contribution in [0.3, 0.4) is 0 Å². The van der Waals surface area contributed by atoms with Crippen LogP contribution in [0.15, 0.2) is 4.99 Å². The number of hydrogen-bond acceptors (Lipinski definition) is 5. The summed E-state index contributed by atoms with van der Waals surface area (Å²) in [5, 5.41) is 9.75. The molecule has 0 aliphatic carbocycles. The topological polar surface area (TPSA) is 81.2 Å². The molecule has 1 heterocycles. The first-order chi connectivity index (χ1) is 13.7. The largest absolute Gasteiger partial charge is 0.444 e. The van der Waals surface area contributed by atoms with Crippen molar-refractivity contribution in [1.82, 2.24) is 25.8 Å². The zero-order valence-corrected chi connectivity index (χ0v) is 19.5. The molecule has 29 heavy (non-hydrogen) atoms. The molecule has 1 unspecified atom stereocenters. The molecule has 8 nitrogen and oxygen atoms in total. The molecule has 0 spiro atoms. The molecule has 0 aromatic rings. The Labute approximate surface area is 177 Å². The zero-order chi connectivity index (χ0) is 21.7. The summed E-state index contributed by atoms with van der Waals surface area (Å²) in [4.78, 5) is 21.2. The minimum Gasteiger partial charge on any atom is -0.444 e. The lowest BCUT2D eigenvalue weighted by Gasteiger charge is -2.25. The summed E-state index contributed by atoms with van der Waals surface area (Å²) in [5.41, 5.74) is -0.490. The van der Waals surface area contributed by atoms with Gasteiger partial charge in [0.2, 0.25) is 0 Å². The van der Waals surface area contributed by atoms with Gasteiger partial charge < -0.3 is 30.5 Å². The maximum atomic E-state index is 12.0. The Morgan fingerprint density at radius 2 is 1.93 bits per heavy atom. The van der Waals surface area contributed by atoms with Gasteiger partial charge in [-0.3, -0.25) is 4.99 Å². The van der Waals surface area contributed by atoms with E-state index < -0.39 is 5.60 Å². The predicted molar refractivity (Wildman–Crippen MR) is 121 cm³/mol. The van der Waals surface area contributed by atoms with Gasteiger partial charge in [0.05, 0.1) is 0 Å². The normalized spacial score (nSPS) is 18.1. The number of alkyl carbamates (subject to hydrolysis) is 1. The average molecular weight is 413 g/mol. The third-order valence-corrected chi connectivity index (χ3v) is 4.89. The summed E-state index contributed by atoms with van der Waals surface area (Å²) in [6.07, 6.45) is 4.01. The minimum absolute atomic E-state index is 0.112. The number of carbonyl (C=O) groups excluding carboxylic acids is 1. The third kappa shape index (κ3) is 12.6. The fraction of sp³-hybridized carbons (Fsp3) is 0.905. The number of unbranched alkanes of at least 4 members (excludes halogenated alkanes) is 1. The fourth-order valence-electron chi connectivity index (χ4n) is 3.24. The van der Waals surface area contributed by atoms with Gasteiger partial charge in [0.1, 0.15) is 5.60 Å². The zero-order valence-electron chi connectivity index (χ0n) is 19.5. The number of likely N-dealkylation sites (N-methyl/N-ethyl adjacent to an activating group) is 1. The lowest BCUT2D eigenvalue weighted by Crippen LogP contribution is -2.50. The van der Waals surface area contributed by atoms with Crippen molar-refractivity contribution in [2.75, 3.05) is 59.9 Å². The molecule has 3 N–H and O–H groups in total. The first-order valence-electron chi connectivity index (χ1n) is 11.1. The highest BCUT2D eigenvalue weighted by molar-refractivity contribution is 5.80. The number of carbonyl (C=O) groups is 1. The number of ether oxygens (including phenoxy) is 1. The van der Waals surface area contributed by atoms with Crippen LogP contribution in [0.5, 0.6) is 0 Å². The smallest absolute Gasteiger partial charge is 0.407 e. The number of hydrogen-bond donors (Lipinski definition) is 3. The van der Waals surface area contributed by atoms with E-state index in [1.54, 1.807) is 7.05 Å². The highest BCUT2D eigenvalue weighted by Gasteiger charge is 2.18. The fourth-order valence-corrected chi connectivity index (χ4v) is 3.24. The highest BCUT2D eigenvalue weighted by Crippen LogP contribution is 2.07. The van der Waals surface area contributed by atoms with E-state index in [-0.39, 0.29) is 12.1 Å². The van der Waals surface area contributed by atoms with E-state index in [0.29, 0.717) is 6.54 Å². The Morgan fingerprint density at radius 1 is 1.17 bits per heavy atom. The van der Waals surface area contributed by atoms with Crippen molar-refractivity contribution in [3.8, 4) is 0 Å². The standard InChI is InChI=1S/C21H44N6O2/c1-7-8-10-18(17-24-20(28)29-21(2,3)4)25-19(22-5)23-11-14-27-13-9-12-26(6)15-16-27/h18H,7-17H2,1-6H3,(H,24,28)(H2,22,23,25). The first kappa shape index (κ1) is 25.5. The van der Waals surface area contributed by atoms with Crippen molar-refractivity contribution in [1.29, 1.82) is 0 Å². The molecule has 1 amide bonds. The molecule has 8 heteroatoms. The van der Waals surface area contributed by atoms with Crippen LogP contribution in [0.2, 0.25) is 0 Å². The number of aliphatic imine (C=N–C) groups is 1. The molecule has 0 saturated carbocycles. The minimum atomic E-state index is -0.490. The van der Waals surface area contributed by atoms with Gasteiger partial charge in [-0.25, -0.2) is 4.79 Å². The second-order valence-electron chi connectivity index (χ2n) is 8.86. The second-order valence-corrected chi connectivity index (χ2v) is 8.86. The molecule has 170 valence electrons. The molecule has 0 radical (unpaired) electrons. The second kappa shape index (κ2) is 13.6. The summed E-state index contributed by atoms with van der Waals surface area (Å²) < 4.78 is 5.34. The van der Waals surface area contributed by atoms with E-state index in [9.17, 15) is 4.79 Å². The number of nitrogens with one attached hydrogen (secondary N) is 3. The maximum absolute atomic E-state index is 12.0. The molecule has 1 rings (SSSR count). The lowest BCUT2D eigenvalue weighted by molar-refractivity contribution is 0.0523. The summed E-state index contributed by atoms with van der Waals surface area (Å²) in [6, 6.07) is 0.112. The van der Waals surface area contributed by atoms with Crippen LogP contribution in [0.25, 0.3) is 0 Å². The van der Waals surface area contributed by atoms with Crippen molar-refractivity contribution < 1.29 is 9.53 Å². The molecular formula is C21H44N6O2. The van der Waals surface area contributed by atoms with Gasteiger partial charge in [-0.15, -0.1) is 0 Å². The number of nitrogens with zero attached hydrogens (tertiary/aromatic N) is 3. The predicted octanol–water partition coefficient (Wildman–Crippen LogP) is 1.87. The van der Waals surface area contributed by atoms with Gasteiger partial charge in [0, 0.05) is 45.8 Å². The van der Waals surface area contributed by atoms with E-state index in [1.165, 1.54) is 13.0 Å². The summed E-state index contributed by atoms with van der Waals surface area (Å²) in [6.45, 7) is 14.7. The van der Waals surface area contributed by atoms with Gasteiger partial charge in [-0.05, 0) is 53.8 Å². The van der Waals surface area contributed by atoms with Crippen LogP contribution in [-0.4, -0.2) is 93.4 Å². The molecular weight excluding hydrogens is 368 g/mol. The quantitative estimate of drug-likeness (QED) is 0.396. The third-order valence-electron chi connectivity index (χ3n) is 4.89. The van der Waals surface area contributed by atoms with E-state index >= 15 is 0 Å². The molecule has 1 atom stereocenters. The van der Waals surface area contributed by atoms with Crippen LogP contribution in [-0.2, 0) is 4.74 Å². The van der Waals surface area contributed by atoms with Crippen molar-refractivity contribution in [3.05, 3.63) is 0 Å². The Morgan fingerprint density at radius 3 is 2.59 bits per heavy atom. The van der Waals surface area contributed by atoms with Gasteiger partial charge in [0.25, 0.3) is 0 Å². The Balaban J connectivity index is 2.43. The van der Waals surface area contributed by atoms with Crippen LogP contribution >= 0.6 is 0 Å². The van der Waals surface area contributed by atoms with Crippen LogP contribution in [0, 0.1) is 0 Å². The number of guanidine groups is 1. The van der Waals surface area contributed by atoms with Crippen molar-refractivity contribution in [2.24, 2.45) is 4.99 Å². The molecule has 0 aromatic heterocycles. The van der Waals surface area contributed by atoms with Gasteiger partial charge in [0.15, 0.2) is 5.96 Å². The van der Waals surface area contributed by atoms with Crippen molar-refractivity contribution >= 4 is 12.1 Å². The molecule has 0 aromatic carbocycles. The molecule has 1 fully saturated rings. The first-order valence-corrected chi connectivity index (χ1v) is 11.1. The number of rotatable bonds is 9. The van der Waals surface area contributed by atoms with E-state index in [4.69, 9.17) is 4.74 Å². The van der Waals surface area contributed by atoms with Gasteiger partial charge >= 0.3 is 6.09 Å². The average Bonchev–Trinajstić information content (AvgIpc) is 2.85. The summed E-state index contributed by atoms with van der Waals surface area (Å²) >= 11 is 0. The van der Waals surface area contributed by atoms with Crippen molar-refractivity contribution in [2.45, 2.75) is 65.0 Å². The highest BCUT2D eigenvalue weighted by atomic mass is 16.6. The number of amides is 1. The van der Waals surface area contributed by atoms with Gasteiger partial charge in [-0.2, -0.15) is 0 Å². The lowest BCUT2D eigenvalue weighted by atomic mass is 10.1. The Hall–Kier alpha value is -1.54. The monoisotopic (exact) mass is 412 g/mol. The van der Waals surface area contributed by atoms with E-state index in [0.717, 1.165) is 57.9 Å². The molecule has 0 bridgehead atoms. The molecule has 1 saturated heterocycles. The Bertz CT molecular complexity index is 492. The maximum Gasteiger partial charge on any atom is 0.407 e. The van der Waals surface area contributed by atoms with E-state index in [2.05, 4.69) is 44.7 Å². The Kier molecular flexibility index (Phi) is 12.0. The van der Waals surface area contributed by atoms with Crippen LogP contribution < -0.4 is 16.0 Å². The summed E-state index contributed by atoms with van der Waals surface area (Å²) in [7, 11) is 3.98. The van der Waals surface area contributed by atoms with Crippen LogP contribution in [0.1, 0.15) is 53.4 Å². The SMILES string of the molecule is CCCCC(CNC(=O)OC(C)(C)C)NC(=NC)NCCN1CCCN(C)CC1. The molecule has 1 aliphatic heterocycles. The summed E-state index contributed by atoms with van der Waals surface area (Å²) in [5.74, 6) is 0.782. The van der Waals surface area contributed by atoms with Crippen LogP contribution in [0.4, 0.5) is 4.79 Å². The van der Waals surface area contributed by atoms with E-state index in [1.807, 2.05) is 20.8 Å². The van der Waals surface area contributed by atoms with Crippen molar-refractivity contribution in [3.63, 3.8) is 0 Å².